The van der Waals surface area contributed by atoms with E-state index in [0.717, 1.165) is 4.57 Å². The molecule has 0 bridgehead atoms. The molecule has 41 heavy (non-hydrogen) atoms. The van der Waals surface area contributed by atoms with Crippen molar-refractivity contribution in [2.24, 2.45) is 0 Å². The Morgan fingerprint density at radius 2 is 1.61 bits per heavy atom. The topological polar surface area (TPSA) is 175 Å². The van der Waals surface area contributed by atoms with Gasteiger partial charge in [-0.25, -0.2) is 14.4 Å². The highest BCUT2D eigenvalue weighted by atomic mass is 16.8. The van der Waals surface area contributed by atoms with Crippen LogP contribution in [0.4, 0.5) is 9.59 Å². The maximum absolute atomic E-state index is 13.2. The lowest BCUT2D eigenvalue weighted by atomic mass is 10.1. The number of rotatable bonds is 12. The van der Waals surface area contributed by atoms with Crippen LogP contribution in [0.1, 0.15) is 66.1 Å². The van der Waals surface area contributed by atoms with Crippen LogP contribution in [0.25, 0.3) is 0 Å². The van der Waals surface area contributed by atoms with Crippen molar-refractivity contribution < 1.29 is 38.4 Å². The molecule has 2 aromatic heterocycles. The number of aliphatic hydroxyl groups excluding tert-OH is 1. The molecule has 230 valence electrons. The molecule has 0 saturated carbocycles. The highest BCUT2D eigenvalue weighted by molar-refractivity contribution is 5.61. The number of carbonyl (C=O) groups excluding carboxylic acids is 2. The van der Waals surface area contributed by atoms with Crippen LogP contribution in [0, 0.1) is 6.92 Å². The Hall–Kier alpha value is -3.72. The Morgan fingerprint density at radius 3 is 2.17 bits per heavy atom. The molecule has 0 spiro atoms. The molecule has 2 heterocycles. The number of hydrogen-bond donors (Lipinski definition) is 1. The summed E-state index contributed by atoms with van der Waals surface area (Å²) in [5, 5.41) is 16.8. The van der Waals surface area contributed by atoms with Gasteiger partial charge in [-0.1, -0.05) is 12.1 Å². The molecule has 0 aliphatic heterocycles. The second kappa shape index (κ2) is 14.3. The maximum Gasteiger partial charge on any atom is 0.509 e. The van der Waals surface area contributed by atoms with Gasteiger partial charge in [-0.05, 0) is 54.9 Å². The van der Waals surface area contributed by atoms with Gasteiger partial charge >= 0.3 is 18.0 Å². The van der Waals surface area contributed by atoms with Gasteiger partial charge in [-0.2, -0.15) is 0 Å². The van der Waals surface area contributed by atoms with Gasteiger partial charge in [-0.15, -0.1) is 5.10 Å². The minimum atomic E-state index is -1.01. The summed E-state index contributed by atoms with van der Waals surface area (Å²) in [6, 6.07) is 0. The minimum Gasteiger partial charge on any atom is -0.431 e. The maximum atomic E-state index is 13.2. The van der Waals surface area contributed by atoms with Gasteiger partial charge in [0.05, 0.1) is 25.9 Å². The zero-order valence-corrected chi connectivity index (χ0v) is 24.9. The van der Waals surface area contributed by atoms with E-state index >= 15 is 0 Å². The first-order chi connectivity index (χ1) is 19.0. The summed E-state index contributed by atoms with van der Waals surface area (Å²) in [5.74, 6) is 0. The Morgan fingerprint density at radius 1 is 0.976 bits per heavy atom. The Balaban J connectivity index is 2.25. The minimum absolute atomic E-state index is 0.0158. The molecule has 2 atom stereocenters. The summed E-state index contributed by atoms with van der Waals surface area (Å²) < 4.78 is 30.7. The van der Waals surface area contributed by atoms with Crippen molar-refractivity contribution in [3.8, 4) is 0 Å². The molecule has 2 rings (SSSR count). The monoisotopic (exact) mass is 583 g/mol. The largest absolute Gasteiger partial charge is 0.509 e. The molecule has 0 aliphatic carbocycles. The third kappa shape index (κ3) is 11.0. The summed E-state index contributed by atoms with van der Waals surface area (Å²) in [4.78, 5) is 50.5. The Bertz CT molecular complexity index is 1290. The third-order valence-corrected chi connectivity index (χ3v) is 5.35. The van der Waals surface area contributed by atoms with Gasteiger partial charge in [-0.3, -0.25) is 18.6 Å². The molecule has 0 amide bonds. The van der Waals surface area contributed by atoms with E-state index in [-0.39, 0.29) is 45.0 Å². The second-order valence-electron chi connectivity index (χ2n) is 11.3. The van der Waals surface area contributed by atoms with Crippen molar-refractivity contribution in [3.63, 3.8) is 0 Å². The molecule has 15 heteroatoms. The van der Waals surface area contributed by atoms with E-state index < -0.39 is 47.0 Å². The van der Waals surface area contributed by atoms with Crippen molar-refractivity contribution in [1.82, 2.24) is 24.1 Å². The lowest BCUT2D eigenvalue weighted by Gasteiger charge is -2.28. The molecule has 0 aromatic carbocycles. The van der Waals surface area contributed by atoms with E-state index in [1.807, 2.05) is 0 Å². The fourth-order valence-corrected chi connectivity index (χ4v) is 3.50. The molecule has 0 aliphatic rings. The summed E-state index contributed by atoms with van der Waals surface area (Å²) in [6.45, 7) is 12.5. The van der Waals surface area contributed by atoms with E-state index in [0.29, 0.717) is 5.69 Å². The number of ether oxygens (including phenoxy) is 5. The van der Waals surface area contributed by atoms with Crippen LogP contribution in [-0.4, -0.2) is 71.6 Å². The standard InChI is InChI=1S/C26H41N5O10/c1-9-19(39-24(36)41-26(6,7)8)20(15-37-23(35)40-25(3,4)5)38-16-29-12-17(2)21(33)31(22(29)34)11-10-30-13-18(14-32)27-28-30/h12-13,19-20,32H,9-11,14-16H2,1-8H3/t19-,20?/m0/s1. The molecule has 1 N–H and O–H groups in total. The van der Waals surface area contributed by atoms with Crippen LogP contribution in [0.15, 0.2) is 22.0 Å². The molecule has 15 nitrogen and oxygen atoms in total. The predicted octanol–water partition coefficient (Wildman–Crippen LogP) is 2.13. The van der Waals surface area contributed by atoms with Crippen LogP contribution in [-0.2, 0) is 50.1 Å². The Kier molecular flexibility index (Phi) is 11.6. The Labute approximate surface area is 237 Å². The second-order valence-corrected chi connectivity index (χ2v) is 11.3. The molecule has 1 unspecified atom stereocenters. The fraction of sp³-hybridized carbons (Fsp3) is 0.692. The molecule has 0 saturated heterocycles. The van der Waals surface area contributed by atoms with Crippen molar-refractivity contribution >= 4 is 12.3 Å². The van der Waals surface area contributed by atoms with Crippen LogP contribution >= 0.6 is 0 Å². The van der Waals surface area contributed by atoms with E-state index in [1.54, 1.807) is 55.4 Å². The van der Waals surface area contributed by atoms with Gasteiger partial charge < -0.3 is 28.8 Å². The van der Waals surface area contributed by atoms with Gasteiger partial charge in [0.15, 0.2) is 0 Å². The van der Waals surface area contributed by atoms with Gasteiger partial charge in [0.1, 0.15) is 42.4 Å². The zero-order chi connectivity index (χ0) is 31.0. The molecule has 0 radical (unpaired) electrons. The summed E-state index contributed by atoms with van der Waals surface area (Å²) in [7, 11) is 0. The summed E-state index contributed by atoms with van der Waals surface area (Å²) in [6.07, 6.45) is -0.688. The summed E-state index contributed by atoms with van der Waals surface area (Å²) in [5.41, 5.74) is -2.11. The quantitative estimate of drug-likeness (QED) is 0.361. The summed E-state index contributed by atoms with van der Waals surface area (Å²) >= 11 is 0. The smallest absolute Gasteiger partial charge is 0.431 e. The third-order valence-electron chi connectivity index (χ3n) is 5.35. The van der Waals surface area contributed by atoms with Crippen molar-refractivity contribution in [2.45, 2.75) is 112 Å². The van der Waals surface area contributed by atoms with Crippen LogP contribution in [0.3, 0.4) is 0 Å². The number of carbonyl (C=O) groups is 2. The molecule has 0 fully saturated rings. The first kappa shape index (κ1) is 33.5. The molecule has 2 aromatic rings. The van der Waals surface area contributed by atoms with Crippen molar-refractivity contribution in [2.75, 3.05) is 6.61 Å². The normalized spacial score (nSPS) is 13.4. The highest BCUT2D eigenvalue weighted by Crippen LogP contribution is 2.16. The average molecular weight is 584 g/mol. The van der Waals surface area contributed by atoms with Gasteiger partial charge in [0, 0.05) is 11.8 Å². The highest BCUT2D eigenvalue weighted by Gasteiger charge is 2.30. The van der Waals surface area contributed by atoms with Crippen LogP contribution < -0.4 is 11.2 Å². The van der Waals surface area contributed by atoms with Crippen LogP contribution in [0.5, 0.6) is 0 Å². The van der Waals surface area contributed by atoms with Crippen molar-refractivity contribution in [3.05, 3.63) is 44.5 Å². The first-order valence-corrected chi connectivity index (χ1v) is 13.2. The molecular weight excluding hydrogens is 542 g/mol. The number of nitrogens with zero attached hydrogens (tertiary/aromatic N) is 5. The SMILES string of the molecule is CC[C@H](OC(=O)OC(C)(C)C)C(COC(=O)OC(C)(C)C)OCn1cc(C)c(=O)n(CCn2cc(CO)nn2)c1=O. The lowest BCUT2D eigenvalue weighted by Crippen LogP contribution is -2.44. The number of hydrogen-bond acceptors (Lipinski definition) is 12. The average Bonchev–Trinajstić information content (AvgIpc) is 3.31. The van der Waals surface area contributed by atoms with Gasteiger partial charge in [0.25, 0.3) is 5.56 Å². The molecular formula is C26H41N5O10. The van der Waals surface area contributed by atoms with E-state index in [4.69, 9.17) is 28.8 Å². The van der Waals surface area contributed by atoms with Gasteiger partial charge in [0.2, 0.25) is 0 Å². The predicted molar refractivity (Wildman–Crippen MR) is 144 cm³/mol. The van der Waals surface area contributed by atoms with E-state index in [1.165, 1.54) is 21.6 Å². The first-order valence-electron chi connectivity index (χ1n) is 13.2. The van der Waals surface area contributed by atoms with E-state index in [2.05, 4.69) is 10.3 Å². The zero-order valence-electron chi connectivity index (χ0n) is 24.9. The van der Waals surface area contributed by atoms with Crippen molar-refractivity contribution in [1.29, 1.82) is 0 Å². The van der Waals surface area contributed by atoms with E-state index in [9.17, 15) is 19.2 Å². The lowest BCUT2D eigenvalue weighted by molar-refractivity contribution is -0.118. The number of aliphatic hydroxyl groups is 1. The van der Waals surface area contributed by atoms with Crippen LogP contribution in [0.2, 0.25) is 0 Å². The number of aryl methyl sites for hydroxylation is 2. The number of aromatic nitrogens is 5. The fourth-order valence-electron chi connectivity index (χ4n) is 3.50.